The summed E-state index contributed by atoms with van der Waals surface area (Å²) in [6.07, 6.45) is 9.35. The highest BCUT2D eigenvalue weighted by Crippen LogP contribution is 2.36. The maximum atomic E-state index is 15.4. The average molecular weight is 772 g/mol. The lowest BCUT2D eigenvalue weighted by molar-refractivity contribution is -0.132. The molecule has 4 aliphatic rings. The van der Waals surface area contributed by atoms with Gasteiger partial charge in [0.2, 0.25) is 5.91 Å². The molecule has 10 nitrogen and oxygen atoms in total. The van der Waals surface area contributed by atoms with Crippen molar-refractivity contribution < 1.29 is 24.2 Å². The smallest absolute Gasteiger partial charge is 0.259 e. The van der Waals surface area contributed by atoms with Gasteiger partial charge in [-0.1, -0.05) is 56.4 Å². The third kappa shape index (κ3) is 8.25. The summed E-state index contributed by atoms with van der Waals surface area (Å²) in [5.74, 6) is 0.790. The summed E-state index contributed by atoms with van der Waals surface area (Å²) < 4.78 is 7.70. The zero-order valence-electron chi connectivity index (χ0n) is 33.8. The van der Waals surface area contributed by atoms with Crippen LogP contribution in [0.1, 0.15) is 93.6 Å². The topological polar surface area (TPSA) is 98.6 Å². The van der Waals surface area contributed by atoms with Crippen LogP contribution in [0.4, 0.5) is 5.69 Å². The van der Waals surface area contributed by atoms with Gasteiger partial charge < -0.3 is 29.1 Å². The van der Waals surface area contributed by atoms with Gasteiger partial charge in [0.25, 0.3) is 11.8 Å². The van der Waals surface area contributed by atoms with Gasteiger partial charge in [-0.25, -0.2) is 0 Å². The van der Waals surface area contributed by atoms with Gasteiger partial charge in [-0.05, 0) is 96.8 Å². The van der Waals surface area contributed by atoms with Gasteiger partial charge in [0.15, 0.2) is 0 Å². The van der Waals surface area contributed by atoms with E-state index in [2.05, 4.69) is 46.2 Å². The molecule has 8 rings (SSSR count). The molecule has 3 aliphatic heterocycles. The Morgan fingerprint density at radius 2 is 1.58 bits per heavy atom. The Morgan fingerprint density at radius 1 is 0.842 bits per heavy atom. The van der Waals surface area contributed by atoms with E-state index < -0.39 is 0 Å². The van der Waals surface area contributed by atoms with Gasteiger partial charge in [0, 0.05) is 94.0 Å². The Hall–Kier alpha value is -4.93. The van der Waals surface area contributed by atoms with E-state index in [1.54, 1.807) is 36.2 Å². The van der Waals surface area contributed by atoms with Gasteiger partial charge in [0.1, 0.15) is 5.75 Å². The zero-order chi connectivity index (χ0) is 39.6. The molecular formula is C47H57N5O5. The molecular weight excluding hydrogens is 715 g/mol. The van der Waals surface area contributed by atoms with Crippen molar-refractivity contribution >= 4 is 23.4 Å². The van der Waals surface area contributed by atoms with Crippen molar-refractivity contribution in [1.29, 1.82) is 0 Å². The minimum absolute atomic E-state index is 0.0292. The molecule has 3 amide bonds. The summed E-state index contributed by atoms with van der Waals surface area (Å²) in [7, 11) is 3.69. The molecule has 1 saturated heterocycles. The molecule has 3 aromatic carbocycles. The Kier molecular flexibility index (Phi) is 11.5. The van der Waals surface area contributed by atoms with Crippen molar-refractivity contribution in [2.45, 2.75) is 83.8 Å². The van der Waals surface area contributed by atoms with Crippen LogP contribution in [0, 0.1) is 12.8 Å². The molecule has 1 aliphatic carbocycles. The molecule has 2 fully saturated rings. The average Bonchev–Trinajstić information content (AvgIpc) is 3.54. The first-order valence-corrected chi connectivity index (χ1v) is 21.0. The van der Waals surface area contributed by atoms with E-state index >= 15 is 4.79 Å². The standard InChI is InChI=1S/C47H57N5O5/c1-32-41(46(55)49(3)38-14-16-40(53)17-15-38)28-44(48(32)2)42-26-35-19-20-51(45(54)18-13-33-9-5-4-6-10-33)29-37(35)27-43(42)47(56)52-30-36-12-8-7-11-34(36)25-39(52)31-50-21-23-57-24-22-50/h7-8,11-12,14-17,26-28,33,39,53H,4-6,9-10,13,18-25,29-31H2,1-3H3/t39-/m0/s1. The first-order chi connectivity index (χ1) is 27.6. The number of aromatic nitrogens is 1. The lowest BCUT2D eigenvalue weighted by Crippen LogP contribution is -2.52. The largest absolute Gasteiger partial charge is 0.508 e. The number of benzene rings is 3. The molecule has 1 N–H and O–H groups in total. The number of aromatic hydroxyl groups is 1. The lowest BCUT2D eigenvalue weighted by atomic mass is 9.86. The van der Waals surface area contributed by atoms with Crippen LogP contribution in [0.2, 0.25) is 0 Å². The van der Waals surface area contributed by atoms with E-state index in [0.717, 1.165) is 66.1 Å². The van der Waals surface area contributed by atoms with Crippen LogP contribution in [0.15, 0.2) is 66.7 Å². The fourth-order valence-electron chi connectivity index (χ4n) is 9.55. The Bertz CT molecular complexity index is 2110. The molecule has 0 unspecified atom stereocenters. The van der Waals surface area contributed by atoms with Crippen LogP contribution in [-0.2, 0) is 42.5 Å². The van der Waals surface area contributed by atoms with Gasteiger partial charge in [-0.3, -0.25) is 19.3 Å². The molecule has 4 heterocycles. The summed E-state index contributed by atoms with van der Waals surface area (Å²) >= 11 is 0. The van der Waals surface area contributed by atoms with Crippen LogP contribution >= 0.6 is 0 Å². The molecule has 1 atom stereocenters. The Morgan fingerprint density at radius 3 is 2.33 bits per heavy atom. The monoisotopic (exact) mass is 771 g/mol. The summed E-state index contributed by atoms with van der Waals surface area (Å²) in [6.45, 7) is 7.43. The highest BCUT2D eigenvalue weighted by atomic mass is 16.5. The molecule has 0 radical (unpaired) electrons. The second-order valence-corrected chi connectivity index (χ2v) is 16.7. The van der Waals surface area contributed by atoms with E-state index in [9.17, 15) is 14.7 Å². The van der Waals surface area contributed by atoms with Crippen LogP contribution in [-0.4, -0.2) is 94.6 Å². The van der Waals surface area contributed by atoms with Crippen LogP contribution in [0.25, 0.3) is 11.3 Å². The first kappa shape index (κ1) is 38.9. The number of anilines is 1. The number of carbonyl (C=O) groups excluding carboxylic acids is 3. The Labute approximate surface area is 337 Å². The molecule has 0 bridgehead atoms. The molecule has 4 aromatic rings. The van der Waals surface area contributed by atoms with Crippen molar-refractivity contribution in [3.63, 3.8) is 0 Å². The second kappa shape index (κ2) is 16.9. The van der Waals surface area contributed by atoms with Crippen LogP contribution in [0.3, 0.4) is 0 Å². The van der Waals surface area contributed by atoms with Crippen molar-refractivity contribution in [2.75, 3.05) is 51.3 Å². The van der Waals surface area contributed by atoms with E-state index in [-0.39, 0.29) is 29.5 Å². The quantitative estimate of drug-likeness (QED) is 0.195. The molecule has 57 heavy (non-hydrogen) atoms. The highest BCUT2D eigenvalue weighted by Gasteiger charge is 2.35. The summed E-state index contributed by atoms with van der Waals surface area (Å²) in [6, 6.07) is 21.2. The fraction of sp³-hybridized carbons (Fsp3) is 0.468. The van der Waals surface area contributed by atoms with Crippen LogP contribution in [0.5, 0.6) is 5.75 Å². The zero-order valence-corrected chi connectivity index (χ0v) is 33.8. The molecule has 10 heteroatoms. The number of nitrogens with zero attached hydrogens (tertiary/aromatic N) is 5. The van der Waals surface area contributed by atoms with E-state index in [4.69, 9.17) is 4.74 Å². The number of fused-ring (bicyclic) bond motifs is 2. The van der Waals surface area contributed by atoms with Crippen LogP contribution < -0.4 is 4.90 Å². The van der Waals surface area contributed by atoms with Crippen molar-refractivity contribution in [3.05, 3.63) is 106 Å². The number of hydrogen-bond donors (Lipinski definition) is 1. The summed E-state index contributed by atoms with van der Waals surface area (Å²) in [4.78, 5) is 51.2. The van der Waals surface area contributed by atoms with Gasteiger partial charge >= 0.3 is 0 Å². The second-order valence-electron chi connectivity index (χ2n) is 16.7. The van der Waals surface area contributed by atoms with Crippen molar-refractivity contribution in [2.24, 2.45) is 13.0 Å². The van der Waals surface area contributed by atoms with Gasteiger partial charge in [-0.15, -0.1) is 0 Å². The van der Waals surface area contributed by atoms with Gasteiger partial charge in [0.05, 0.1) is 18.8 Å². The summed E-state index contributed by atoms with van der Waals surface area (Å²) in [5, 5.41) is 9.85. The van der Waals surface area contributed by atoms with Gasteiger partial charge in [-0.2, -0.15) is 0 Å². The fourth-order valence-corrected chi connectivity index (χ4v) is 9.55. The number of carbonyl (C=O) groups is 3. The minimum atomic E-state index is -0.175. The third-order valence-corrected chi connectivity index (χ3v) is 13.2. The highest BCUT2D eigenvalue weighted by molar-refractivity contribution is 6.08. The first-order valence-electron chi connectivity index (χ1n) is 21.0. The number of rotatable bonds is 9. The molecule has 1 saturated carbocycles. The molecule has 1 aromatic heterocycles. The third-order valence-electron chi connectivity index (χ3n) is 13.2. The predicted octanol–water partition coefficient (Wildman–Crippen LogP) is 7.13. The lowest BCUT2D eigenvalue weighted by Gasteiger charge is -2.41. The number of ether oxygens (including phenoxy) is 1. The number of phenols is 1. The minimum Gasteiger partial charge on any atom is -0.508 e. The SMILES string of the molecule is Cc1c(C(=O)N(C)c2ccc(O)cc2)cc(-c2cc3c(cc2C(=O)N2Cc4ccccc4C[C@H]2CN2CCOCC2)CN(C(=O)CCC2CCCCC2)CC3)n1C. The maximum absolute atomic E-state index is 15.4. The normalized spacial score (nSPS) is 18.9. The van der Waals surface area contributed by atoms with E-state index in [1.807, 2.05) is 29.5 Å². The number of phenolic OH excluding ortho intramolecular Hbond substituents is 1. The molecule has 0 spiro atoms. The van der Waals surface area contributed by atoms with Crippen molar-refractivity contribution in [1.82, 2.24) is 19.3 Å². The number of morpholine rings is 1. The van der Waals surface area contributed by atoms with E-state index in [0.29, 0.717) is 68.4 Å². The number of amides is 3. The van der Waals surface area contributed by atoms with E-state index in [1.165, 1.54) is 37.7 Å². The summed E-state index contributed by atoms with van der Waals surface area (Å²) in [5.41, 5.74) is 8.82. The maximum Gasteiger partial charge on any atom is 0.259 e. The molecule has 300 valence electrons. The van der Waals surface area contributed by atoms with Crippen molar-refractivity contribution in [3.8, 4) is 17.0 Å². The number of hydrogen-bond acceptors (Lipinski definition) is 6. The predicted molar refractivity (Wildman–Crippen MR) is 222 cm³/mol. The Balaban J connectivity index is 1.16.